The number of carbonyl (C=O) groups is 1. The number of primary amides is 1. The topological polar surface area (TPSA) is 137 Å². The highest BCUT2D eigenvalue weighted by atomic mass is 16.6. The van der Waals surface area contributed by atoms with E-state index in [-0.39, 0.29) is 29.2 Å². The third-order valence-electron chi connectivity index (χ3n) is 2.51. The minimum atomic E-state index is -0.766. The lowest BCUT2D eigenvalue weighted by Crippen LogP contribution is -2.19. The number of hydrogen-bond donors (Lipinski definition) is 3. The van der Waals surface area contributed by atoms with Crippen molar-refractivity contribution in [2.45, 2.75) is 18.5 Å². The number of pyridine rings is 1. The predicted molar refractivity (Wildman–Crippen MR) is 59.4 cm³/mol. The Morgan fingerprint density at radius 1 is 1.65 bits per heavy atom. The van der Waals surface area contributed by atoms with E-state index in [1.54, 1.807) is 0 Å². The summed E-state index contributed by atoms with van der Waals surface area (Å²) in [5.41, 5.74) is 10.5. The van der Waals surface area contributed by atoms with E-state index >= 15 is 0 Å². The summed E-state index contributed by atoms with van der Waals surface area (Å²) in [5.74, 6) is -0.529. The number of carbonyl (C=O) groups excluding carboxylic acids is 1. The summed E-state index contributed by atoms with van der Waals surface area (Å²) in [6.45, 7) is 0. The fourth-order valence-corrected chi connectivity index (χ4v) is 1.41. The molecule has 2 atom stereocenters. The van der Waals surface area contributed by atoms with E-state index < -0.39 is 10.8 Å². The number of rotatable bonds is 4. The summed E-state index contributed by atoms with van der Waals surface area (Å²) in [5, 5.41) is 13.5. The van der Waals surface area contributed by atoms with E-state index in [2.05, 4.69) is 10.3 Å². The van der Waals surface area contributed by atoms with Gasteiger partial charge < -0.3 is 16.8 Å². The Morgan fingerprint density at radius 2 is 2.29 bits per heavy atom. The van der Waals surface area contributed by atoms with Crippen molar-refractivity contribution in [1.82, 2.24) is 4.98 Å². The Labute approximate surface area is 96.1 Å². The maximum absolute atomic E-state index is 11.2. The molecule has 0 bridgehead atoms. The summed E-state index contributed by atoms with van der Waals surface area (Å²) in [6.07, 6.45) is 1.85. The van der Waals surface area contributed by atoms with Crippen molar-refractivity contribution in [1.29, 1.82) is 0 Å². The molecule has 1 aromatic heterocycles. The molecule has 2 rings (SSSR count). The molecule has 1 aliphatic rings. The molecule has 0 spiro atoms. The molecule has 1 heterocycles. The Morgan fingerprint density at radius 3 is 2.76 bits per heavy atom. The number of nitrogens with two attached hydrogens (primary N) is 2. The van der Waals surface area contributed by atoms with E-state index in [0.29, 0.717) is 0 Å². The van der Waals surface area contributed by atoms with Gasteiger partial charge in [0.25, 0.3) is 11.6 Å². The van der Waals surface area contributed by atoms with E-state index in [9.17, 15) is 14.9 Å². The predicted octanol–water partition coefficient (Wildman–Crippen LogP) is -0.400. The fraction of sp³-hybridized carbons (Fsp3) is 0.333. The van der Waals surface area contributed by atoms with E-state index in [1.165, 1.54) is 0 Å². The van der Waals surface area contributed by atoms with Crippen LogP contribution in [0, 0.1) is 10.1 Å². The average molecular weight is 237 g/mol. The zero-order valence-electron chi connectivity index (χ0n) is 8.79. The van der Waals surface area contributed by atoms with Crippen LogP contribution >= 0.6 is 0 Å². The summed E-state index contributed by atoms with van der Waals surface area (Å²) in [6, 6.07) is 1.17. The fourth-order valence-electron chi connectivity index (χ4n) is 1.41. The summed E-state index contributed by atoms with van der Waals surface area (Å²) >= 11 is 0. The van der Waals surface area contributed by atoms with Crippen molar-refractivity contribution in [3.05, 3.63) is 27.9 Å². The molecule has 90 valence electrons. The first-order valence-electron chi connectivity index (χ1n) is 4.95. The summed E-state index contributed by atoms with van der Waals surface area (Å²) in [4.78, 5) is 24.9. The molecular weight excluding hydrogens is 226 g/mol. The quantitative estimate of drug-likeness (QED) is 0.481. The van der Waals surface area contributed by atoms with E-state index in [0.717, 1.165) is 18.7 Å². The number of nitrogens with one attached hydrogen (secondary N) is 1. The maximum atomic E-state index is 11.2. The molecule has 0 radical (unpaired) electrons. The molecule has 8 nitrogen and oxygen atoms in total. The molecule has 0 aliphatic heterocycles. The SMILES string of the molecule is NC(=O)c1cc([N+](=O)[O-])cnc1NC1CC1N. The Kier molecular flexibility index (Phi) is 2.64. The number of anilines is 1. The highest BCUT2D eigenvalue weighted by Crippen LogP contribution is 2.26. The monoisotopic (exact) mass is 237 g/mol. The first-order chi connectivity index (χ1) is 7.99. The van der Waals surface area contributed by atoms with Gasteiger partial charge in [-0.25, -0.2) is 4.98 Å². The van der Waals surface area contributed by atoms with Gasteiger partial charge >= 0.3 is 0 Å². The van der Waals surface area contributed by atoms with Crippen molar-refractivity contribution in [3.63, 3.8) is 0 Å². The van der Waals surface area contributed by atoms with E-state index in [4.69, 9.17) is 11.5 Å². The summed E-state index contributed by atoms with van der Waals surface area (Å²) < 4.78 is 0. The largest absolute Gasteiger partial charge is 0.365 e. The van der Waals surface area contributed by atoms with Crippen LogP contribution in [0.25, 0.3) is 0 Å². The van der Waals surface area contributed by atoms with E-state index in [1.807, 2.05) is 0 Å². The highest BCUT2D eigenvalue weighted by molar-refractivity contribution is 5.98. The van der Waals surface area contributed by atoms with Crippen LogP contribution in [-0.4, -0.2) is 27.9 Å². The van der Waals surface area contributed by atoms with Crippen LogP contribution in [-0.2, 0) is 0 Å². The van der Waals surface area contributed by atoms with Crippen molar-refractivity contribution in [2.24, 2.45) is 11.5 Å². The van der Waals surface area contributed by atoms with Gasteiger partial charge in [-0.15, -0.1) is 0 Å². The second-order valence-electron chi connectivity index (χ2n) is 3.86. The average Bonchev–Trinajstić information content (AvgIpc) is 2.94. The molecule has 1 amide bonds. The van der Waals surface area contributed by atoms with Gasteiger partial charge in [0.1, 0.15) is 12.0 Å². The van der Waals surface area contributed by atoms with Gasteiger partial charge in [0.15, 0.2) is 0 Å². The summed E-state index contributed by atoms with van der Waals surface area (Å²) in [7, 11) is 0. The number of aromatic nitrogens is 1. The van der Waals surface area contributed by atoms with Crippen LogP contribution in [0.5, 0.6) is 0 Å². The molecule has 2 unspecified atom stereocenters. The van der Waals surface area contributed by atoms with Gasteiger partial charge in [-0.2, -0.15) is 0 Å². The van der Waals surface area contributed by atoms with Gasteiger partial charge in [-0.05, 0) is 6.42 Å². The molecule has 1 saturated carbocycles. The molecule has 17 heavy (non-hydrogen) atoms. The van der Waals surface area contributed by atoms with Crippen LogP contribution in [0.2, 0.25) is 0 Å². The molecule has 5 N–H and O–H groups in total. The molecular formula is C9H11N5O3. The number of nitro groups is 1. The van der Waals surface area contributed by atoms with Crippen molar-refractivity contribution in [3.8, 4) is 0 Å². The second-order valence-corrected chi connectivity index (χ2v) is 3.86. The van der Waals surface area contributed by atoms with Crippen molar-refractivity contribution >= 4 is 17.4 Å². The number of nitrogens with zero attached hydrogens (tertiary/aromatic N) is 2. The third kappa shape index (κ3) is 2.31. The Hall–Kier alpha value is -2.22. The zero-order valence-corrected chi connectivity index (χ0v) is 8.79. The van der Waals surface area contributed by atoms with Gasteiger partial charge in [0, 0.05) is 18.2 Å². The molecule has 1 fully saturated rings. The number of amides is 1. The lowest BCUT2D eigenvalue weighted by atomic mass is 10.2. The zero-order chi connectivity index (χ0) is 12.6. The Bertz CT molecular complexity index is 490. The normalized spacial score (nSPS) is 21.9. The molecule has 0 aromatic carbocycles. The minimum absolute atomic E-state index is 0.00157. The van der Waals surface area contributed by atoms with Gasteiger partial charge in [-0.1, -0.05) is 0 Å². The minimum Gasteiger partial charge on any atom is -0.365 e. The highest BCUT2D eigenvalue weighted by Gasteiger charge is 2.34. The third-order valence-corrected chi connectivity index (χ3v) is 2.51. The molecule has 8 heteroatoms. The molecule has 1 aliphatic carbocycles. The maximum Gasteiger partial charge on any atom is 0.288 e. The smallest absolute Gasteiger partial charge is 0.288 e. The standard InChI is InChI=1S/C9H11N5O3/c10-6-2-7(6)13-9-5(8(11)15)1-4(3-12-9)14(16)17/h1,3,6-7H,2,10H2,(H2,11,15)(H,12,13). The number of hydrogen-bond acceptors (Lipinski definition) is 6. The van der Waals surface area contributed by atoms with Gasteiger partial charge in [0.05, 0.1) is 10.5 Å². The lowest BCUT2D eigenvalue weighted by molar-refractivity contribution is -0.385. The first kappa shape index (κ1) is 11.3. The molecule has 1 aromatic rings. The van der Waals surface area contributed by atoms with Crippen LogP contribution in [0.15, 0.2) is 12.3 Å². The van der Waals surface area contributed by atoms with Gasteiger partial charge in [-0.3, -0.25) is 14.9 Å². The second kappa shape index (κ2) is 3.98. The molecule has 0 saturated heterocycles. The van der Waals surface area contributed by atoms with Crippen molar-refractivity contribution in [2.75, 3.05) is 5.32 Å². The van der Waals surface area contributed by atoms with Crippen molar-refractivity contribution < 1.29 is 9.72 Å². The lowest BCUT2D eigenvalue weighted by Gasteiger charge is -2.07. The van der Waals surface area contributed by atoms with Crippen LogP contribution in [0.3, 0.4) is 0 Å². The van der Waals surface area contributed by atoms with Crippen LogP contribution in [0.1, 0.15) is 16.8 Å². The van der Waals surface area contributed by atoms with Crippen LogP contribution in [0.4, 0.5) is 11.5 Å². The van der Waals surface area contributed by atoms with Crippen LogP contribution < -0.4 is 16.8 Å². The Balaban J connectivity index is 2.31. The first-order valence-corrected chi connectivity index (χ1v) is 4.95. The van der Waals surface area contributed by atoms with Gasteiger partial charge in [0.2, 0.25) is 0 Å².